The van der Waals surface area contributed by atoms with Gasteiger partial charge in [0.15, 0.2) is 23.3 Å². The highest BCUT2D eigenvalue weighted by Gasteiger charge is 2.11. The summed E-state index contributed by atoms with van der Waals surface area (Å²) < 4.78 is 31.6. The molecule has 0 saturated carbocycles. The third-order valence-corrected chi connectivity index (χ3v) is 2.40. The van der Waals surface area contributed by atoms with E-state index in [1.165, 1.54) is 6.26 Å². The SMILES string of the molecule is CCCNc1nc(NCc2ccon2)c(F)cc1F. The summed E-state index contributed by atoms with van der Waals surface area (Å²) >= 11 is 0. The Bertz CT molecular complexity index is 531. The van der Waals surface area contributed by atoms with Gasteiger partial charge >= 0.3 is 0 Å². The zero-order chi connectivity index (χ0) is 13.7. The largest absolute Gasteiger partial charge is 0.368 e. The Hall–Kier alpha value is -2.18. The van der Waals surface area contributed by atoms with Crippen molar-refractivity contribution in [1.29, 1.82) is 0 Å². The van der Waals surface area contributed by atoms with Crippen LogP contribution in [0.4, 0.5) is 20.4 Å². The van der Waals surface area contributed by atoms with Crippen molar-refractivity contribution in [2.75, 3.05) is 17.2 Å². The van der Waals surface area contributed by atoms with Crippen LogP contribution >= 0.6 is 0 Å². The van der Waals surface area contributed by atoms with Crippen LogP contribution in [-0.2, 0) is 6.54 Å². The van der Waals surface area contributed by atoms with Gasteiger partial charge in [0.2, 0.25) is 0 Å². The molecule has 0 aliphatic carbocycles. The zero-order valence-corrected chi connectivity index (χ0v) is 10.4. The maximum Gasteiger partial charge on any atom is 0.168 e. The number of nitrogens with zero attached hydrogens (tertiary/aromatic N) is 2. The smallest absolute Gasteiger partial charge is 0.168 e. The highest BCUT2D eigenvalue weighted by molar-refractivity contribution is 5.47. The van der Waals surface area contributed by atoms with Crippen molar-refractivity contribution in [3.63, 3.8) is 0 Å². The van der Waals surface area contributed by atoms with E-state index in [1.807, 2.05) is 6.92 Å². The molecule has 19 heavy (non-hydrogen) atoms. The minimum Gasteiger partial charge on any atom is -0.368 e. The predicted molar refractivity (Wildman–Crippen MR) is 66.8 cm³/mol. The average Bonchev–Trinajstić information content (AvgIpc) is 2.90. The summed E-state index contributed by atoms with van der Waals surface area (Å²) in [4.78, 5) is 3.88. The lowest BCUT2D eigenvalue weighted by molar-refractivity contribution is 0.412. The van der Waals surface area contributed by atoms with Gasteiger partial charge in [-0.05, 0) is 6.42 Å². The van der Waals surface area contributed by atoms with E-state index in [4.69, 9.17) is 0 Å². The molecule has 2 N–H and O–H groups in total. The van der Waals surface area contributed by atoms with Crippen LogP contribution in [0.1, 0.15) is 19.0 Å². The number of halogens is 2. The standard InChI is InChI=1S/C12H14F2N4O/c1-2-4-15-11-9(13)6-10(14)12(17-11)16-7-8-3-5-19-18-8/h3,5-6H,2,4,7H2,1H3,(H2,15,16,17). The molecule has 0 saturated heterocycles. The molecule has 0 amide bonds. The van der Waals surface area contributed by atoms with E-state index >= 15 is 0 Å². The second-order valence-corrected chi connectivity index (χ2v) is 3.92. The van der Waals surface area contributed by atoms with E-state index < -0.39 is 11.6 Å². The van der Waals surface area contributed by atoms with Gasteiger partial charge in [-0.1, -0.05) is 12.1 Å². The predicted octanol–water partition coefficient (Wildman–Crippen LogP) is 2.78. The molecule has 2 aromatic heterocycles. The fourth-order valence-corrected chi connectivity index (χ4v) is 1.46. The van der Waals surface area contributed by atoms with Crippen LogP contribution in [0.25, 0.3) is 0 Å². The first kappa shape index (κ1) is 13.3. The van der Waals surface area contributed by atoms with E-state index in [-0.39, 0.29) is 18.2 Å². The number of pyridine rings is 1. The molecule has 0 radical (unpaired) electrons. The van der Waals surface area contributed by atoms with Gasteiger partial charge in [0, 0.05) is 18.7 Å². The molecule has 7 heteroatoms. The normalized spacial score (nSPS) is 10.5. The summed E-state index contributed by atoms with van der Waals surface area (Å²) in [6, 6.07) is 2.45. The number of rotatable bonds is 6. The Balaban J connectivity index is 2.10. The topological polar surface area (TPSA) is 63.0 Å². The van der Waals surface area contributed by atoms with Gasteiger partial charge in [0.1, 0.15) is 12.0 Å². The Morgan fingerprint density at radius 3 is 2.58 bits per heavy atom. The van der Waals surface area contributed by atoms with Crippen LogP contribution < -0.4 is 10.6 Å². The molecule has 5 nitrogen and oxygen atoms in total. The van der Waals surface area contributed by atoms with Crippen molar-refractivity contribution < 1.29 is 13.3 Å². The molecule has 0 aliphatic heterocycles. The molecule has 2 aromatic rings. The molecule has 0 bridgehead atoms. The molecular formula is C12H14F2N4O. The molecule has 0 fully saturated rings. The van der Waals surface area contributed by atoms with E-state index in [2.05, 4.69) is 25.3 Å². The first-order valence-corrected chi connectivity index (χ1v) is 5.93. The van der Waals surface area contributed by atoms with Gasteiger partial charge in [0.05, 0.1) is 6.54 Å². The van der Waals surface area contributed by atoms with Crippen LogP contribution in [0, 0.1) is 11.6 Å². The fraction of sp³-hybridized carbons (Fsp3) is 0.333. The Kier molecular flexibility index (Phi) is 4.27. The van der Waals surface area contributed by atoms with Crippen LogP contribution in [-0.4, -0.2) is 16.7 Å². The average molecular weight is 268 g/mol. The lowest BCUT2D eigenvalue weighted by Crippen LogP contribution is -2.09. The highest BCUT2D eigenvalue weighted by Crippen LogP contribution is 2.19. The molecular weight excluding hydrogens is 254 g/mol. The van der Waals surface area contributed by atoms with Gasteiger partial charge in [-0.25, -0.2) is 13.8 Å². The summed E-state index contributed by atoms with van der Waals surface area (Å²) in [6.07, 6.45) is 2.24. The second-order valence-electron chi connectivity index (χ2n) is 3.92. The van der Waals surface area contributed by atoms with E-state index in [1.54, 1.807) is 6.07 Å². The van der Waals surface area contributed by atoms with Gasteiger partial charge in [-0.3, -0.25) is 0 Å². The molecule has 2 heterocycles. The molecule has 0 unspecified atom stereocenters. The monoisotopic (exact) mass is 268 g/mol. The summed E-state index contributed by atoms with van der Waals surface area (Å²) in [6.45, 7) is 2.76. The molecule has 0 atom stereocenters. The number of nitrogens with one attached hydrogen (secondary N) is 2. The zero-order valence-electron chi connectivity index (χ0n) is 10.4. The van der Waals surface area contributed by atoms with Crippen molar-refractivity contribution in [3.05, 3.63) is 35.7 Å². The van der Waals surface area contributed by atoms with Crippen molar-refractivity contribution in [1.82, 2.24) is 10.1 Å². The first-order valence-electron chi connectivity index (χ1n) is 5.93. The van der Waals surface area contributed by atoms with E-state index in [0.717, 1.165) is 12.5 Å². The second kappa shape index (κ2) is 6.12. The van der Waals surface area contributed by atoms with Crippen molar-refractivity contribution in [2.45, 2.75) is 19.9 Å². The molecule has 2 rings (SSSR count). The molecule has 0 aliphatic rings. The lowest BCUT2D eigenvalue weighted by Gasteiger charge is -2.09. The molecule has 102 valence electrons. The van der Waals surface area contributed by atoms with Crippen molar-refractivity contribution in [2.24, 2.45) is 0 Å². The Morgan fingerprint density at radius 2 is 1.95 bits per heavy atom. The third kappa shape index (κ3) is 3.40. The third-order valence-electron chi connectivity index (χ3n) is 2.40. The minimum absolute atomic E-state index is 0.0250. The number of hydrogen-bond donors (Lipinski definition) is 2. The summed E-state index contributed by atoms with van der Waals surface area (Å²) in [5, 5.41) is 9.21. The summed E-state index contributed by atoms with van der Waals surface area (Å²) in [5.41, 5.74) is 0.605. The van der Waals surface area contributed by atoms with E-state index in [9.17, 15) is 8.78 Å². The van der Waals surface area contributed by atoms with Crippen LogP contribution in [0.5, 0.6) is 0 Å². The lowest BCUT2D eigenvalue weighted by atomic mass is 10.3. The summed E-state index contributed by atoms with van der Waals surface area (Å²) in [5.74, 6) is -1.45. The summed E-state index contributed by atoms with van der Waals surface area (Å²) in [7, 11) is 0. The minimum atomic E-state index is -0.747. The van der Waals surface area contributed by atoms with Crippen molar-refractivity contribution in [3.8, 4) is 0 Å². The van der Waals surface area contributed by atoms with Crippen LogP contribution in [0.3, 0.4) is 0 Å². The first-order chi connectivity index (χ1) is 9.20. The number of anilines is 2. The number of hydrogen-bond acceptors (Lipinski definition) is 5. The van der Waals surface area contributed by atoms with E-state index in [0.29, 0.717) is 12.2 Å². The maximum absolute atomic E-state index is 13.5. The van der Waals surface area contributed by atoms with Gasteiger partial charge < -0.3 is 15.2 Å². The maximum atomic E-state index is 13.5. The Morgan fingerprint density at radius 1 is 1.21 bits per heavy atom. The molecule has 0 aromatic carbocycles. The quantitative estimate of drug-likeness (QED) is 0.843. The van der Waals surface area contributed by atoms with Gasteiger partial charge in [-0.2, -0.15) is 0 Å². The van der Waals surface area contributed by atoms with Crippen molar-refractivity contribution >= 4 is 11.6 Å². The highest BCUT2D eigenvalue weighted by atomic mass is 19.1. The van der Waals surface area contributed by atoms with Crippen LogP contribution in [0.2, 0.25) is 0 Å². The van der Waals surface area contributed by atoms with Crippen LogP contribution in [0.15, 0.2) is 22.9 Å². The van der Waals surface area contributed by atoms with Gasteiger partial charge in [-0.15, -0.1) is 0 Å². The molecule has 0 spiro atoms. The fourth-order valence-electron chi connectivity index (χ4n) is 1.46. The number of aromatic nitrogens is 2. The Labute approximate surface area is 109 Å². The van der Waals surface area contributed by atoms with Gasteiger partial charge in [0.25, 0.3) is 0 Å².